The predicted octanol–water partition coefficient (Wildman–Crippen LogP) is 3.95. The molecule has 0 aliphatic heterocycles. The summed E-state index contributed by atoms with van der Waals surface area (Å²) in [6.45, 7) is 3.07. The van der Waals surface area contributed by atoms with Gasteiger partial charge in [0.25, 0.3) is 11.8 Å². The number of aromatic nitrogens is 1. The van der Waals surface area contributed by atoms with E-state index in [0.29, 0.717) is 34.0 Å². The normalized spacial score (nSPS) is 11.2. The molecule has 0 aliphatic rings. The Bertz CT molecular complexity index is 1130. The van der Waals surface area contributed by atoms with Crippen LogP contribution in [0.1, 0.15) is 34.6 Å². The first-order chi connectivity index (χ1) is 15.4. The maximum absolute atomic E-state index is 12.6. The Morgan fingerprint density at radius 1 is 0.969 bits per heavy atom. The molecule has 0 aliphatic carbocycles. The summed E-state index contributed by atoms with van der Waals surface area (Å²) in [6, 6.07) is 14.8. The summed E-state index contributed by atoms with van der Waals surface area (Å²) in [5, 5.41) is 5.51. The van der Waals surface area contributed by atoms with Crippen molar-refractivity contribution < 1.29 is 23.9 Å². The summed E-state index contributed by atoms with van der Waals surface area (Å²) in [5.74, 6) is -0.0000489. The Balaban J connectivity index is 1.66. The number of amides is 2. The van der Waals surface area contributed by atoms with Gasteiger partial charge in [0.2, 0.25) is 0 Å². The highest BCUT2D eigenvalue weighted by Crippen LogP contribution is 2.28. The van der Waals surface area contributed by atoms with E-state index in [-0.39, 0.29) is 17.6 Å². The molecule has 2 amide bonds. The molecule has 0 spiro atoms. The van der Waals surface area contributed by atoms with Crippen molar-refractivity contribution in [2.75, 3.05) is 17.7 Å². The van der Waals surface area contributed by atoms with Gasteiger partial charge in [-0.25, -0.2) is 0 Å². The van der Waals surface area contributed by atoms with E-state index in [1.54, 1.807) is 67.7 Å². The number of anilines is 2. The van der Waals surface area contributed by atoms with Crippen molar-refractivity contribution in [1.82, 2.24) is 4.98 Å². The highest BCUT2D eigenvalue weighted by Gasteiger charge is 2.17. The lowest BCUT2D eigenvalue weighted by Gasteiger charge is -2.16. The molecule has 1 aromatic heterocycles. The highest BCUT2D eigenvalue weighted by atomic mass is 16.5. The lowest BCUT2D eigenvalue weighted by atomic mass is 10.1. The molecule has 2 aromatic carbocycles. The van der Waals surface area contributed by atoms with E-state index in [1.807, 2.05) is 0 Å². The van der Waals surface area contributed by atoms with Gasteiger partial charge in [-0.1, -0.05) is 12.1 Å². The van der Waals surface area contributed by atoms with E-state index in [4.69, 9.17) is 9.47 Å². The number of methoxy groups -OCH3 is 1. The topological polar surface area (TPSA) is 107 Å². The van der Waals surface area contributed by atoms with Gasteiger partial charge in [0, 0.05) is 29.7 Å². The van der Waals surface area contributed by atoms with Crippen LogP contribution in [0.25, 0.3) is 0 Å². The second-order valence-corrected chi connectivity index (χ2v) is 6.94. The largest absolute Gasteiger partial charge is 0.494 e. The van der Waals surface area contributed by atoms with Crippen LogP contribution in [0.4, 0.5) is 11.4 Å². The molecule has 1 atom stereocenters. The lowest BCUT2D eigenvalue weighted by Crippen LogP contribution is -2.30. The summed E-state index contributed by atoms with van der Waals surface area (Å²) in [6.07, 6.45) is 2.23. The second kappa shape index (κ2) is 10.2. The number of carbonyl (C=O) groups excluding carboxylic acids is 3. The Morgan fingerprint density at radius 3 is 2.44 bits per heavy atom. The summed E-state index contributed by atoms with van der Waals surface area (Å²) < 4.78 is 11.0. The molecule has 0 radical (unpaired) electrons. The third-order valence-corrected chi connectivity index (χ3v) is 4.56. The van der Waals surface area contributed by atoms with Gasteiger partial charge in [0.15, 0.2) is 11.9 Å². The van der Waals surface area contributed by atoms with E-state index in [0.717, 1.165) is 0 Å². The fourth-order valence-electron chi connectivity index (χ4n) is 2.85. The van der Waals surface area contributed by atoms with Crippen LogP contribution >= 0.6 is 0 Å². The lowest BCUT2D eigenvalue weighted by molar-refractivity contribution is -0.122. The van der Waals surface area contributed by atoms with Crippen molar-refractivity contribution in [3.8, 4) is 11.5 Å². The first-order valence-electron chi connectivity index (χ1n) is 9.85. The van der Waals surface area contributed by atoms with Crippen LogP contribution in [0.5, 0.6) is 11.5 Å². The number of Topliss-reactive ketones (excluding diaryl/α,β-unsaturated/α-hetero) is 1. The fraction of sp³-hybridized carbons (Fsp3) is 0.167. The minimum absolute atomic E-state index is 0.0876. The number of benzene rings is 2. The van der Waals surface area contributed by atoms with Gasteiger partial charge in [0.05, 0.1) is 18.4 Å². The second-order valence-electron chi connectivity index (χ2n) is 6.94. The summed E-state index contributed by atoms with van der Waals surface area (Å²) in [4.78, 5) is 40.4. The van der Waals surface area contributed by atoms with Crippen LogP contribution in [0.15, 0.2) is 67.0 Å². The molecule has 1 unspecified atom stereocenters. The number of nitrogens with one attached hydrogen (secondary N) is 2. The molecule has 0 saturated heterocycles. The predicted molar refractivity (Wildman–Crippen MR) is 120 cm³/mol. The van der Waals surface area contributed by atoms with Gasteiger partial charge in [-0.3, -0.25) is 19.4 Å². The molecule has 3 aromatic rings. The van der Waals surface area contributed by atoms with Crippen molar-refractivity contribution in [2.45, 2.75) is 20.0 Å². The fourth-order valence-corrected chi connectivity index (χ4v) is 2.85. The van der Waals surface area contributed by atoms with E-state index >= 15 is 0 Å². The maximum atomic E-state index is 12.6. The number of carbonyl (C=O) groups is 3. The SMILES string of the molecule is COc1cc(NC(=O)C(C)Oc2cccc(C(C)=O)c2)ccc1NC(=O)c1cccnc1. The van der Waals surface area contributed by atoms with E-state index in [1.165, 1.54) is 20.2 Å². The molecule has 0 bridgehead atoms. The van der Waals surface area contributed by atoms with Gasteiger partial charge < -0.3 is 20.1 Å². The molecule has 1 heterocycles. The van der Waals surface area contributed by atoms with Crippen molar-refractivity contribution in [1.29, 1.82) is 0 Å². The molecule has 8 heteroatoms. The van der Waals surface area contributed by atoms with Crippen LogP contribution in [0, 0.1) is 0 Å². The Kier molecular flexibility index (Phi) is 7.17. The van der Waals surface area contributed by atoms with Gasteiger partial charge in [-0.15, -0.1) is 0 Å². The first-order valence-corrected chi connectivity index (χ1v) is 9.85. The quantitative estimate of drug-likeness (QED) is 0.521. The van der Waals surface area contributed by atoms with Gasteiger partial charge >= 0.3 is 0 Å². The molecule has 0 fully saturated rings. The maximum Gasteiger partial charge on any atom is 0.265 e. The average Bonchev–Trinajstić information content (AvgIpc) is 2.80. The van der Waals surface area contributed by atoms with Gasteiger partial charge in [0.1, 0.15) is 11.5 Å². The monoisotopic (exact) mass is 433 g/mol. The van der Waals surface area contributed by atoms with Gasteiger partial charge in [-0.2, -0.15) is 0 Å². The van der Waals surface area contributed by atoms with Crippen LogP contribution in [0.2, 0.25) is 0 Å². The summed E-state index contributed by atoms with van der Waals surface area (Å²) in [7, 11) is 1.47. The molecule has 2 N–H and O–H groups in total. The molecule has 164 valence electrons. The molecular weight excluding hydrogens is 410 g/mol. The molecule has 3 rings (SSSR count). The van der Waals surface area contributed by atoms with Crippen LogP contribution in [-0.2, 0) is 4.79 Å². The highest BCUT2D eigenvalue weighted by molar-refractivity contribution is 6.05. The van der Waals surface area contributed by atoms with Crippen molar-refractivity contribution >= 4 is 29.0 Å². The zero-order valence-electron chi connectivity index (χ0n) is 17.9. The third-order valence-electron chi connectivity index (χ3n) is 4.56. The standard InChI is InChI=1S/C24H23N3O5/c1-15(28)17-6-4-8-20(12-17)32-16(2)23(29)26-19-9-10-21(22(13-19)31-3)27-24(30)18-7-5-11-25-14-18/h4-14,16H,1-3H3,(H,26,29)(H,27,30). The Hall–Kier alpha value is -4.20. The number of ketones is 1. The number of rotatable bonds is 8. The number of hydrogen-bond donors (Lipinski definition) is 2. The minimum atomic E-state index is -0.812. The molecule has 32 heavy (non-hydrogen) atoms. The van der Waals surface area contributed by atoms with Crippen molar-refractivity contribution in [3.05, 3.63) is 78.1 Å². The molecule has 8 nitrogen and oxygen atoms in total. The van der Waals surface area contributed by atoms with Crippen LogP contribution in [-0.4, -0.2) is 35.8 Å². The Labute approximate surface area is 185 Å². The van der Waals surface area contributed by atoms with Crippen LogP contribution in [0.3, 0.4) is 0 Å². The first kappa shape index (κ1) is 22.5. The zero-order valence-corrected chi connectivity index (χ0v) is 17.9. The van der Waals surface area contributed by atoms with Crippen LogP contribution < -0.4 is 20.1 Å². The number of ether oxygens (including phenoxy) is 2. The third kappa shape index (κ3) is 5.69. The van der Waals surface area contributed by atoms with E-state index in [2.05, 4.69) is 15.6 Å². The zero-order chi connectivity index (χ0) is 23.1. The summed E-state index contributed by atoms with van der Waals surface area (Å²) >= 11 is 0. The Morgan fingerprint density at radius 2 is 1.75 bits per heavy atom. The molecule has 0 saturated carbocycles. The van der Waals surface area contributed by atoms with Crippen molar-refractivity contribution in [3.63, 3.8) is 0 Å². The minimum Gasteiger partial charge on any atom is -0.494 e. The number of hydrogen-bond acceptors (Lipinski definition) is 6. The number of nitrogens with zero attached hydrogens (tertiary/aromatic N) is 1. The average molecular weight is 433 g/mol. The number of pyridine rings is 1. The smallest absolute Gasteiger partial charge is 0.265 e. The summed E-state index contributed by atoms with van der Waals surface area (Å²) in [5.41, 5.74) is 1.83. The van der Waals surface area contributed by atoms with E-state index in [9.17, 15) is 14.4 Å². The van der Waals surface area contributed by atoms with Crippen molar-refractivity contribution in [2.24, 2.45) is 0 Å². The van der Waals surface area contributed by atoms with E-state index < -0.39 is 6.10 Å². The molecular formula is C24H23N3O5. The van der Waals surface area contributed by atoms with Gasteiger partial charge in [-0.05, 0) is 50.2 Å².